The largest absolute Gasteiger partial charge is 0.272 e. The number of halogens is 2. The molecule has 0 radical (unpaired) electrons. The summed E-state index contributed by atoms with van der Waals surface area (Å²) in [7, 11) is 0. The van der Waals surface area contributed by atoms with Gasteiger partial charge < -0.3 is 0 Å². The normalized spacial score (nSPS) is 21.7. The fraction of sp³-hybridized carbons (Fsp3) is 1.00. The van der Waals surface area contributed by atoms with Gasteiger partial charge in [-0.3, -0.25) is 4.74 Å². The molecule has 0 unspecified atom stereocenters. The molecule has 1 rings (SSSR count). The third-order valence-corrected chi connectivity index (χ3v) is 3.25. The van der Waals surface area contributed by atoms with Crippen LogP contribution in [0.15, 0.2) is 4.74 Å². The molecule has 0 aliphatic heterocycles. The zero-order valence-electron chi connectivity index (χ0n) is 6.52. The summed E-state index contributed by atoms with van der Waals surface area (Å²) in [5, 5.41) is 0. The summed E-state index contributed by atoms with van der Waals surface area (Å²) in [6.45, 7) is 0. The van der Waals surface area contributed by atoms with Crippen LogP contribution in [0.1, 0.15) is 38.5 Å². The Morgan fingerprint density at radius 2 is 1.55 bits per heavy atom. The van der Waals surface area contributed by atoms with Crippen molar-refractivity contribution in [3.05, 3.63) is 0 Å². The molecule has 0 amide bonds. The highest BCUT2D eigenvalue weighted by atomic mass is 35.9. The molecule has 1 nitrogen and oxygen atoms in total. The van der Waals surface area contributed by atoms with Gasteiger partial charge >= 0.3 is 0 Å². The third-order valence-electron chi connectivity index (χ3n) is 2.10. The van der Waals surface area contributed by atoms with Gasteiger partial charge in [0.05, 0.1) is 6.04 Å². The first-order valence-electron chi connectivity index (χ1n) is 4.18. The van der Waals surface area contributed by atoms with Crippen LogP contribution in [0, 0.1) is 0 Å². The summed E-state index contributed by atoms with van der Waals surface area (Å²) in [6, 6.07) is 0.474. The molecule has 0 N–H and O–H groups in total. The highest BCUT2D eigenvalue weighted by molar-refractivity contribution is 7.96. The molecule has 0 bridgehead atoms. The molecule has 0 heterocycles. The lowest BCUT2D eigenvalue weighted by atomic mass is 10.1. The van der Waals surface area contributed by atoms with Gasteiger partial charge in [0.2, 0.25) is 0 Å². The number of hydrogen-bond donors (Lipinski definition) is 0. The zero-order chi connectivity index (χ0) is 8.10. The maximum absolute atomic E-state index is 5.67. The average Bonchev–Trinajstić information content (AvgIpc) is 2.14. The van der Waals surface area contributed by atoms with E-state index in [2.05, 4.69) is 4.74 Å². The van der Waals surface area contributed by atoms with Gasteiger partial charge in [-0.25, -0.2) is 0 Å². The van der Waals surface area contributed by atoms with E-state index in [9.17, 15) is 0 Å². The predicted molar refractivity (Wildman–Crippen MR) is 53.9 cm³/mol. The molecule has 0 aromatic rings. The van der Waals surface area contributed by atoms with Crippen molar-refractivity contribution in [2.45, 2.75) is 44.6 Å². The van der Waals surface area contributed by atoms with Crippen molar-refractivity contribution >= 4 is 28.9 Å². The van der Waals surface area contributed by atoms with E-state index in [0.29, 0.717) is 6.04 Å². The van der Waals surface area contributed by atoms with Crippen LogP contribution in [0.2, 0.25) is 0 Å². The van der Waals surface area contributed by atoms with Gasteiger partial charge in [-0.1, -0.05) is 48.2 Å². The van der Waals surface area contributed by atoms with Gasteiger partial charge in [-0.2, -0.15) is 0 Å². The average molecular weight is 214 g/mol. The Balaban J connectivity index is 2.37. The second-order valence-corrected chi connectivity index (χ2v) is 6.48. The van der Waals surface area contributed by atoms with Crippen LogP contribution >= 0.6 is 28.9 Å². The Kier molecular flexibility index (Phi) is 4.91. The van der Waals surface area contributed by atoms with E-state index in [0.717, 1.165) is 0 Å². The Labute approximate surface area is 78.5 Å². The number of hydrogen-bond acceptors (Lipinski definition) is 1. The van der Waals surface area contributed by atoms with Crippen LogP contribution in [0.4, 0.5) is 0 Å². The lowest BCUT2D eigenvalue weighted by molar-refractivity contribution is 0.592. The second-order valence-electron chi connectivity index (χ2n) is 3.01. The highest BCUT2D eigenvalue weighted by Gasteiger charge is 2.09. The van der Waals surface area contributed by atoms with Crippen LogP contribution in [0.5, 0.6) is 0 Å². The van der Waals surface area contributed by atoms with Crippen LogP contribution < -0.4 is 0 Å². The zero-order valence-corrected chi connectivity index (χ0v) is 9.03. The topological polar surface area (TPSA) is 12.4 Å². The van der Waals surface area contributed by atoms with Crippen molar-refractivity contribution in [3.63, 3.8) is 0 Å². The van der Waals surface area contributed by atoms with E-state index in [-0.39, 0.29) is 0 Å². The van der Waals surface area contributed by atoms with Crippen LogP contribution in [-0.4, -0.2) is 6.04 Å². The van der Waals surface area contributed by atoms with Gasteiger partial charge in [0, 0.05) is 0 Å². The molecule has 4 heteroatoms. The van der Waals surface area contributed by atoms with Crippen molar-refractivity contribution in [3.8, 4) is 0 Å². The van der Waals surface area contributed by atoms with Crippen molar-refractivity contribution in [2.24, 2.45) is 4.74 Å². The molecule has 66 valence electrons. The predicted octanol–water partition coefficient (Wildman–Crippen LogP) is 4.41. The monoisotopic (exact) mass is 213 g/mol. The lowest BCUT2D eigenvalue weighted by Crippen LogP contribution is -1.99. The summed E-state index contributed by atoms with van der Waals surface area (Å²) < 4.78 is 4.33. The first-order valence-corrected chi connectivity index (χ1v) is 7.65. The quantitative estimate of drug-likeness (QED) is 0.452. The SMILES string of the molecule is Cl[PH](Cl)=NC1CCCCCC1. The summed E-state index contributed by atoms with van der Waals surface area (Å²) in [4.78, 5) is 0. The fourth-order valence-corrected chi connectivity index (χ4v) is 2.89. The first kappa shape index (κ1) is 9.89. The molecule has 0 spiro atoms. The molecule has 1 aliphatic rings. The van der Waals surface area contributed by atoms with Crippen LogP contribution in [0.3, 0.4) is 0 Å². The van der Waals surface area contributed by atoms with Crippen LogP contribution in [0.25, 0.3) is 0 Å². The Hall–Kier alpha value is 0.810. The number of rotatable bonds is 1. The van der Waals surface area contributed by atoms with E-state index >= 15 is 0 Å². The summed E-state index contributed by atoms with van der Waals surface area (Å²) in [5.74, 6) is 0. The second kappa shape index (κ2) is 5.45. The molecular weight excluding hydrogens is 200 g/mol. The highest BCUT2D eigenvalue weighted by Crippen LogP contribution is 2.39. The molecule has 1 saturated carbocycles. The van der Waals surface area contributed by atoms with E-state index in [1.165, 1.54) is 38.5 Å². The van der Waals surface area contributed by atoms with Crippen molar-refractivity contribution in [1.82, 2.24) is 0 Å². The standard InChI is InChI=1S/C7H14Cl2NP/c8-11(9)10-7-5-3-1-2-4-6-7/h7,11H,1-6H2. The van der Waals surface area contributed by atoms with Gasteiger partial charge in [0.15, 0.2) is 0 Å². The van der Waals surface area contributed by atoms with Crippen molar-refractivity contribution in [1.29, 1.82) is 0 Å². The van der Waals surface area contributed by atoms with E-state index in [4.69, 9.17) is 22.5 Å². The third kappa shape index (κ3) is 4.40. The molecule has 1 fully saturated rings. The molecule has 0 aromatic carbocycles. The minimum absolute atomic E-state index is 0.474. The van der Waals surface area contributed by atoms with Crippen molar-refractivity contribution < 1.29 is 0 Å². The number of nitrogens with zero attached hydrogens (tertiary/aromatic N) is 1. The molecule has 0 aromatic heterocycles. The lowest BCUT2D eigenvalue weighted by Gasteiger charge is -2.06. The smallest absolute Gasteiger partial charge is 0.125 e. The molecular formula is C7H14Cl2NP. The van der Waals surface area contributed by atoms with Crippen LogP contribution in [-0.2, 0) is 0 Å². The summed E-state index contributed by atoms with van der Waals surface area (Å²) in [5.41, 5.74) is 0. The Morgan fingerprint density at radius 1 is 1.00 bits per heavy atom. The minimum atomic E-state index is -1.38. The van der Waals surface area contributed by atoms with Gasteiger partial charge in [0.1, 0.15) is 6.42 Å². The maximum atomic E-state index is 5.67. The molecule has 0 saturated heterocycles. The fourth-order valence-electron chi connectivity index (χ4n) is 1.52. The summed E-state index contributed by atoms with van der Waals surface area (Å²) in [6.07, 6.45) is 6.35. The molecule has 0 atom stereocenters. The summed E-state index contributed by atoms with van der Waals surface area (Å²) >= 11 is 11.3. The first-order chi connectivity index (χ1) is 5.29. The minimum Gasteiger partial charge on any atom is -0.272 e. The van der Waals surface area contributed by atoms with Gasteiger partial charge in [0.25, 0.3) is 0 Å². The van der Waals surface area contributed by atoms with Crippen molar-refractivity contribution in [2.75, 3.05) is 0 Å². The van der Waals surface area contributed by atoms with E-state index < -0.39 is 6.42 Å². The maximum Gasteiger partial charge on any atom is 0.125 e. The van der Waals surface area contributed by atoms with E-state index in [1.54, 1.807) is 0 Å². The van der Waals surface area contributed by atoms with Gasteiger partial charge in [-0.15, -0.1) is 0 Å². The van der Waals surface area contributed by atoms with E-state index in [1.807, 2.05) is 0 Å². The van der Waals surface area contributed by atoms with Gasteiger partial charge in [-0.05, 0) is 12.8 Å². The molecule has 1 aliphatic carbocycles. The molecule has 11 heavy (non-hydrogen) atoms. The Morgan fingerprint density at radius 3 is 2.00 bits per heavy atom. The Bertz CT molecular complexity index is 137.